The highest BCUT2D eigenvalue weighted by Crippen LogP contribution is 2.20. The molecule has 2 atom stereocenters. The van der Waals surface area contributed by atoms with E-state index in [0.29, 0.717) is 19.7 Å². The molecule has 1 heterocycles. The monoisotopic (exact) mass is 299 g/mol. The normalized spacial score (nSPS) is 25.8. The Balaban J connectivity index is 2.12. The molecule has 1 aliphatic rings. The maximum absolute atomic E-state index is 11.0. The topological polar surface area (TPSA) is 49.8 Å². The zero-order valence-electron chi connectivity index (χ0n) is 9.25. The van der Waals surface area contributed by atoms with Crippen LogP contribution < -0.4 is 0 Å². The van der Waals surface area contributed by atoms with Gasteiger partial charge < -0.3 is 14.6 Å². The van der Waals surface area contributed by atoms with Gasteiger partial charge in [-0.25, -0.2) is 0 Å². The molecule has 92 valence electrons. The number of rotatable bonds is 3. The molecule has 2 rings (SSSR count). The highest BCUT2D eigenvalue weighted by atomic mass is 79.9. The third-order valence-corrected chi connectivity index (χ3v) is 3.63. The Morgan fingerprint density at radius 3 is 3.00 bits per heavy atom. The first kappa shape index (κ1) is 12.7. The van der Waals surface area contributed by atoms with Crippen LogP contribution in [0.1, 0.15) is 5.56 Å². The van der Waals surface area contributed by atoms with Crippen molar-refractivity contribution in [2.75, 3.05) is 13.2 Å². The van der Waals surface area contributed by atoms with Gasteiger partial charge in [-0.2, -0.15) is 0 Å². The predicted octanol–water partition coefficient (Wildman–Crippen LogP) is 1.17. The third-order valence-electron chi connectivity index (χ3n) is 2.85. The number of carbonyl (C=O) groups excluding carboxylic acids is 1. The van der Waals surface area contributed by atoms with Gasteiger partial charge in [0.25, 0.3) is 0 Å². The van der Waals surface area contributed by atoms with Crippen molar-refractivity contribution < 1.29 is 14.6 Å². The number of benzene rings is 1. The fraction of sp³-hybridized carbons (Fsp3) is 0.417. The van der Waals surface area contributed by atoms with Crippen LogP contribution in [0.15, 0.2) is 28.7 Å². The summed E-state index contributed by atoms with van der Waals surface area (Å²) in [6.07, 6.45) is -0.288. The highest BCUT2D eigenvalue weighted by molar-refractivity contribution is 9.10. The molecule has 1 aromatic rings. The molecule has 0 spiro atoms. The molecule has 0 bridgehead atoms. The molecule has 0 saturated carbocycles. The number of ether oxygens (including phenoxy) is 1. The molecule has 1 aliphatic heterocycles. The first-order valence-electron chi connectivity index (χ1n) is 5.45. The smallest absolute Gasteiger partial charge is 0.177 e. The summed E-state index contributed by atoms with van der Waals surface area (Å²) in [6.45, 7) is 1.70. The van der Waals surface area contributed by atoms with Crippen molar-refractivity contribution in [3.05, 3.63) is 34.3 Å². The van der Waals surface area contributed by atoms with E-state index in [1.54, 1.807) is 0 Å². The van der Waals surface area contributed by atoms with Crippen LogP contribution >= 0.6 is 15.9 Å². The number of aldehydes is 1. The lowest BCUT2D eigenvalue weighted by molar-refractivity contribution is -0.180. The first-order valence-corrected chi connectivity index (χ1v) is 6.24. The number of nitrogens with zero attached hydrogens (tertiary/aromatic N) is 1. The minimum Gasteiger partial charge on any atom is -0.366 e. The van der Waals surface area contributed by atoms with Crippen molar-refractivity contribution >= 4 is 22.2 Å². The van der Waals surface area contributed by atoms with Gasteiger partial charge in [-0.1, -0.05) is 34.1 Å². The number of halogens is 1. The summed E-state index contributed by atoms with van der Waals surface area (Å²) in [5.74, 6) is 0. The lowest BCUT2D eigenvalue weighted by atomic mass is 10.1. The number of aliphatic hydroxyl groups is 1. The van der Waals surface area contributed by atoms with Gasteiger partial charge in [0.05, 0.1) is 6.61 Å². The summed E-state index contributed by atoms with van der Waals surface area (Å²) in [4.78, 5) is 12.9. The largest absolute Gasteiger partial charge is 0.366 e. The number of hydrogen-bond donors (Lipinski definition) is 1. The second kappa shape index (κ2) is 5.73. The maximum atomic E-state index is 11.0. The number of hydrogen-bond acceptors (Lipinski definition) is 4. The van der Waals surface area contributed by atoms with E-state index in [1.807, 2.05) is 29.2 Å². The fourth-order valence-electron chi connectivity index (χ4n) is 1.90. The van der Waals surface area contributed by atoms with Gasteiger partial charge >= 0.3 is 0 Å². The zero-order chi connectivity index (χ0) is 12.3. The molecule has 0 radical (unpaired) electrons. The maximum Gasteiger partial charge on any atom is 0.177 e. The van der Waals surface area contributed by atoms with Crippen molar-refractivity contribution in [1.82, 2.24) is 4.90 Å². The molecule has 0 aliphatic carbocycles. The van der Waals surface area contributed by atoms with Crippen molar-refractivity contribution in [2.45, 2.75) is 18.9 Å². The predicted molar refractivity (Wildman–Crippen MR) is 66.4 cm³/mol. The minimum atomic E-state index is -1.02. The average molecular weight is 300 g/mol. The molecule has 17 heavy (non-hydrogen) atoms. The van der Waals surface area contributed by atoms with Crippen LogP contribution in [0.4, 0.5) is 0 Å². The van der Waals surface area contributed by atoms with Gasteiger partial charge in [0.15, 0.2) is 6.29 Å². The zero-order valence-corrected chi connectivity index (χ0v) is 10.8. The Morgan fingerprint density at radius 1 is 1.53 bits per heavy atom. The van der Waals surface area contributed by atoms with Crippen LogP contribution in [0, 0.1) is 0 Å². The summed E-state index contributed by atoms with van der Waals surface area (Å²) in [5, 5.41) is 9.58. The van der Waals surface area contributed by atoms with E-state index in [4.69, 9.17) is 4.74 Å². The first-order chi connectivity index (χ1) is 8.22. The quantitative estimate of drug-likeness (QED) is 0.851. The Morgan fingerprint density at radius 2 is 2.29 bits per heavy atom. The van der Waals surface area contributed by atoms with Crippen LogP contribution in [0.3, 0.4) is 0 Å². The van der Waals surface area contributed by atoms with Crippen LogP contribution in [0.25, 0.3) is 0 Å². The van der Waals surface area contributed by atoms with Gasteiger partial charge in [-0.15, -0.1) is 0 Å². The van der Waals surface area contributed by atoms with E-state index >= 15 is 0 Å². The molecular weight excluding hydrogens is 286 g/mol. The Hall–Kier alpha value is -0.750. The van der Waals surface area contributed by atoms with Gasteiger partial charge in [0.1, 0.15) is 12.3 Å². The van der Waals surface area contributed by atoms with Crippen LogP contribution in [0.5, 0.6) is 0 Å². The number of carbonyl (C=O) groups is 1. The number of aliphatic hydroxyl groups excluding tert-OH is 1. The standard InChI is InChI=1S/C12H14BrNO3/c13-10-4-2-1-3-9(10)7-14-5-6-17-12(16)11(14)8-15/h1-4,8,11-12,16H,5-7H2. The highest BCUT2D eigenvalue weighted by Gasteiger charge is 2.30. The summed E-state index contributed by atoms with van der Waals surface area (Å²) in [6, 6.07) is 7.26. The molecule has 1 N–H and O–H groups in total. The number of morpholine rings is 1. The lowest BCUT2D eigenvalue weighted by Crippen LogP contribution is -2.51. The molecule has 0 aromatic heterocycles. The van der Waals surface area contributed by atoms with Gasteiger partial charge in [-0.05, 0) is 11.6 Å². The fourth-order valence-corrected chi connectivity index (χ4v) is 2.31. The summed E-state index contributed by atoms with van der Waals surface area (Å²) in [7, 11) is 0. The van der Waals surface area contributed by atoms with Crippen LogP contribution in [-0.2, 0) is 16.1 Å². The summed E-state index contributed by atoms with van der Waals surface area (Å²) >= 11 is 3.47. The van der Waals surface area contributed by atoms with E-state index in [9.17, 15) is 9.90 Å². The SMILES string of the molecule is O=CC1C(O)OCCN1Cc1ccccc1Br. The molecule has 4 nitrogen and oxygen atoms in total. The van der Waals surface area contributed by atoms with Crippen LogP contribution in [-0.4, -0.2) is 41.8 Å². The second-order valence-electron chi connectivity index (χ2n) is 3.95. The molecule has 1 aromatic carbocycles. The van der Waals surface area contributed by atoms with Gasteiger partial charge in [-0.3, -0.25) is 4.90 Å². The average Bonchev–Trinajstić information content (AvgIpc) is 2.32. The minimum absolute atomic E-state index is 0.440. The van der Waals surface area contributed by atoms with E-state index in [-0.39, 0.29) is 0 Å². The lowest BCUT2D eigenvalue weighted by Gasteiger charge is -2.35. The molecule has 0 amide bonds. The van der Waals surface area contributed by atoms with Crippen molar-refractivity contribution in [3.8, 4) is 0 Å². The third kappa shape index (κ3) is 2.93. The summed E-state index contributed by atoms with van der Waals surface area (Å²) < 4.78 is 6.06. The van der Waals surface area contributed by atoms with Gasteiger partial charge in [0, 0.05) is 17.6 Å². The Kier molecular flexibility index (Phi) is 4.28. The van der Waals surface area contributed by atoms with E-state index in [1.165, 1.54) is 0 Å². The molecule has 1 fully saturated rings. The molecule has 5 heteroatoms. The second-order valence-corrected chi connectivity index (χ2v) is 4.80. The molecule has 1 saturated heterocycles. The van der Waals surface area contributed by atoms with E-state index in [0.717, 1.165) is 16.3 Å². The van der Waals surface area contributed by atoms with Crippen molar-refractivity contribution in [2.24, 2.45) is 0 Å². The Bertz CT molecular complexity index is 399. The van der Waals surface area contributed by atoms with E-state index < -0.39 is 12.3 Å². The van der Waals surface area contributed by atoms with E-state index in [2.05, 4.69) is 15.9 Å². The summed E-state index contributed by atoms with van der Waals surface area (Å²) in [5.41, 5.74) is 1.09. The van der Waals surface area contributed by atoms with Crippen LogP contribution in [0.2, 0.25) is 0 Å². The van der Waals surface area contributed by atoms with Crippen molar-refractivity contribution in [1.29, 1.82) is 0 Å². The molecular formula is C12H14BrNO3. The van der Waals surface area contributed by atoms with Gasteiger partial charge in [0.2, 0.25) is 0 Å². The molecule has 2 unspecified atom stereocenters. The Labute approximate surface area is 108 Å². The van der Waals surface area contributed by atoms with Crippen molar-refractivity contribution in [3.63, 3.8) is 0 Å².